The van der Waals surface area contributed by atoms with Gasteiger partial charge in [0.05, 0.1) is 0 Å². The van der Waals surface area contributed by atoms with Crippen LogP contribution < -0.4 is 0 Å². The fraction of sp³-hybridized carbons (Fsp3) is 0.588. The Kier molecular flexibility index (Phi) is 4.57. The maximum absolute atomic E-state index is 11.1. The van der Waals surface area contributed by atoms with E-state index < -0.39 is 0 Å². The van der Waals surface area contributed by atoms with Crippen molar-refractivity contribution in [1.82, 2.24) is 0 Å². The van der Waals surface area contributed by atoms with Crippen LogP contribution in [0.15, 0.2) is 18.2 Å². The van der Waals surface area contributed by atoms with Gasteiger partial charge in [0.2, 0.25) is 0 Å². The highest BCUT2D eigenvalue weighted by atomic mass is 16.1. The average Bonchev–Trinajstić information content (AvgIpc) is 2.40. The van der Waals surface area contributed by atoms with Crippen molar-refractivity contribution in [3.8, 4) is 0 Å². The third kappa shape index (κ3) is 2.66. The molecule has 0 radical (unpaired) electrons. The number of rotatable bonds is 4. The third-order valence-electron chi connectivity index (χ3n) is 4.51. The van der Waals surface area contributed by atoms with Gasteiger partial charge in [0.25, 0.3) is 0 Å². The predicted molar refractivity (Wildman–Crippen MR) is 76.2 cm³/mol. The maximum atomic E-state index is 11.1. The minimum absolute atomic E-state index is 0.679. The summed E-state index contributed by atoms with van der Waals surface area (Å²) in [5, 5.41) is 0. The van der Waals surface area contributed by atoms with E-state index in [4.69, 9.17) is 0 Å². The molecule has 0 N–H and O–H groups in total. The maximum Gasteiger partial charge on any atom is 0.150 e. The van der Waals surface area contributed by atoms with Crippen LogP contribution in [0.25, 0.3) is 0 Å². The van der Waals surface area contributed by atoms with E-state index in [2.05, 4.69) is 19.9 Å². The molecule has 1 aromatic rings. The molecule has 0 aromatic heterocycles. The monoisotopic (exact) mass is 244 g/mol. The summed E-state index contributed by atoms with van der Waals surface area (Å²) in [6.45, 7) is 4.39. The minimum Gasteiger partial charge on any atom is -0.298 e. The van der Waals surface area contributed by atoms with E-state index >= 15 is 0 Å². The molecule has 2 rings (SSSR count). The summed E-state index contributed by atoms with van der Waals surface area (Å²) in [6, 6.07) is 6.22. The van der Waals surface area contributed by atoms with E-state index in [0.717, 1.165) is 17.8 Å². The summed E-state index contributed by atoms with van der Waals surface area (Å²) in [5.41, 5.74) is 3.51. The lowest BCUT2D eigenvalue weighted by Crippen LogP contribution is -2.19. The molecule has 98 valence electrons. The van der Waals surface area contributed by atoms with Crippen molar-refractivity contribution >= 4 is 6.29 Å². The van der Waals surface area contributed by atoms with Crippen LogP contribution in [0.1, 0.15) is 72.9 Å². The Morgan fingerprint density at radius 2 is 2.06 bits per heavy atom. The van der Waals surface area contributed by atoms with Crippen molar-refractivity contribution in [2.24, 2.45) is 5.92 Å². The van der Waals surface area contributed by atoms with Crippen LogP contribution in [-0.4, -0.2) is 6.29 Å². The molecule has 1 aromatic carbocycles. The van der Waals surface area contributed by atoms with Crippen molar-refractivity contribution in [3.63, 3.8) is 0 Å². The Hall–Kier alpha value is -1.11. The Morgan fingerprint density at radius 1 is 1.28 bits per heavy atom. The Bertz CT molecular complexity index is 406. The van der Waals surface area contributed by atoms with E-state index in [1.165, 1.54) is 49.7 Å². The molecule has 1 fully saturated rings. The highest BCUT2D eigenvalue weighted by molar-refractivity contribution is 5.77. The van der Waals surface area contributed by atoms with Crippen LogP contribution in [-0.2, 0) is 0 Å². The molecule has 0 amide bonds. The summed E-state index contributed by atoms with van der Waals surface area (Å²) in [6.07, 6.45) is 8.99. The van der Waals surface area contributed by atoms with Crippen LogP contribution in [0, 0.1) is 12.8 Å². The highest BCUT2D eigenvalue weighted by Gasteiger charge is 2.27. The van der Waals surface area contributed by atoms with Crippen LogP contribution in [0.3, 0.4) is 0 Å². The molecule has 1 saturated carbocycles. The zero-order chi connectivity index (χ0) is 13.0. The molecular formula is C17H24O. The van der Waals surface area contributed by atoms with Crippen LogP contribution in [0.5, 0.6) is 0 Å². The van der Waals surface area contributed by atoms with E-state index in [-0.39, 0.29) is 0 Å². The SMILES string of the molecule is CCCC1CCCCC1c1cccc(C=O)c1C. The first-order valence-electron chi connectivity index (χ1n) is 7.32. The van der Waals surface area contributed by atoms with Gasteiger partial charge >= 0.3 is 0 Å². The van der Waals surface area contributed by atoms with Crippen molar-refractivity contribution in [3.05, 3.63) is 34.9 Å². The van der Waals surface area contributed by atoms with Gasteiger partial charge in [-0.05, 0) is 42.7 Å². The van der Waals surface area contributed by atoms with Crippen LogP contribution in [0.4, 0.5) is 0 Å². The number of carbonyl (C=O) groups excluding carboxylic acids is 1. The van der Waals surface area contributed by atoms with Gasteiger partial charge in [-0.1, -0.05) is 50.8 Å². The van der Waals surface area contributed by atoms with Gasteiger partial charge in [0.1, 0.15) is 6.29 Å². The molecular weight excluding hydrogens is 220 g/mol. The summed E-state index contributed by atoms with van der Waals surface area (Å²) in [4.78, 5) is 11.1. The molecule has 0 saturated heterocycles. The van der Waals surface area contributed by atoms with Crippen molar-refractivity contribution in [1.29, 1.82) is 0 Å². The van der Waals surface area contributed by atoms with Gasteiger partial charge < -0.3 is 0 Å². The second-order valence-corrected chi connectivity index (χ2v) is 5.62. The van der Waals surface area contributed by atoms with E-state index in [9.17, 15) is 4.79 Å². The fourth-order valence-electron chi connectivity index (χ4n) is 3.53. The molecule has 1 aliphatic carbocycles. The first kappa shape index (κ1) is 13.3. The molecule has 1 nitrogen and oxygen atoms in total. The smallest absolute Gasteiger partial charge is 0.150 e. The number of carbonyl (C=O) groups is 1. The van der Waals surface area contributed by atoms with E-state index in [1.807, 2.05) is 12.1 Å². The quantitative estimate of drug-likeness (QED) is 0.690. The molecule has 0 bridgehead atoms. The first-order chi connectivity index (χ1) is 8.77. The molecule has 1 heteroatoms. The largest absolute Gasteiger partial charge is 0.298 e. The van der Waals surface area contributed by atoms with Gasteiger partial charge in [0.15, 0.2) is 0 Å². The van der Waals surface area contributed by atoms with Gasteiger partial charge in [-0.25, -0.2) is 0 Å². The number of aldehydes is 1. The van der Waals surface area contributed by atoms with Gasteiger partial charge in [-0.15, -0.1) is 0 Å². The molecule has 0 heterocycles. The number of hydrogen-bond donors (Lipinski definition) is 0. The van der Waals surface area contributed by atoms with Gasteiger partial charge in [-0.2, -0.15) is 0 Å². The summed E-state index contributed by atoms with van der Waals surface area (Å²) < 4.78 is 0. The summed E-state index contributed by atoms with van der Waals surface area (Å²) >= 11 is 0. The van der Waals surface area contributed by atoms with E-state index in [0.29, 0.717) is 5.92 Å². The average molecular weight is 244 g/mol. The Morgan fingerprint density at radius 3 is 2.78 bits per heavy atom. The first-order valence-corrected chi connectivity index (χ1v) is 7.32. The molecule has 18 heavy (non-hydrogen) atoms. The van der Waals surface area contributed by atoms with Gasteiger partial charge in [0, 0.05) is 5.56 Å². The second kappa shape index (κ2) is 6.17. The second-order valence-electron chi connectivity index (χ2n) is 5.62. The van der Waals surface area contributed by atoms with Crippen molar-refractivity contribution in [2.75, 3.05) is 0 Å². The minimum atomic E-state index is 0.679. The standard InChI is InChI=1S/C17H24O/c1-3-7-14-8-4-5-10-17(14)16-11-6-9-15(12-18)13(16)2/h6,9,11-12,14,17H,3-5,7-8,10H2,1-2H3. The van der Waals surface area contributed by atoms with Gasteiger partial charge in [-0.3, -0.25) is 4.79 Å². The van der Waals surface area contributed by atoms with Crippen LogP contribution >= 0.6 is 0 Å². The lowest BCUT2D eigenvalue weighted by atomic mass is 9.72. The van der Waals surface area contributed by atoms with Crippen LogP contribution in [0.2, 0.25) is 0 Å². The normalized spacial score (nSPS) is 23.9. The molecule has 2 atom stereocenters. The zero-order valence-corrected chi connectivity index (χ0v) is 11.6. The third-order valence-corrected chi connectivity index (χ3v) is 4.51. The topological polar surface area (TPSA) is 17.1 Å². The highest BCUT2D eigenvalue weighted by Crippen LogP contribution is 2.41. The lowest BCUT2D eigenvalue weighted by molar-refractivity contribution is 0.112. The fourth-order valence-corrected chi connectivity index (χ4v) is 3.53. The number of hydrogen-bond acceptors (Lipinski definition) is 1. The lowest BCUT2D eigenvalue weighted by Gasteiger charge is -2.33. The molecule has 1 aliphatic rings. The molecule has 0 spiro atoms. The van der Waals surface area contributed by atoms with E-state index in [1.54, 1.807) is 0 Å². The summed E-state index contributed by atoms with van der Waals surface area (Å²) in [7, 11) is 0. The molecule has 0 aliphatic heterocycles. The predicted octanol–water partition coefficient (Wildman–Crippen LogP) is 4.88. The Balaban J connectivity index is 2.30. The van der Waals surface area contributed by atoms with Crippen molar-refractivity contribution in [2.45, 2.75) is 58.3 Å². The molecule has 2 unspecified atom stereocenters. The number of benzene rings is 1. The van der Waals surface area contributed by atoms with Crippen molar-refractivity contribution < 1.29 is 4.79 Å². The Labute approximate surface area is 111 Å². The zero-order valence-electron chi connectivity index (χ0n) is 11.6. The summed E-state index contributed by atoms with van der Waals surface area (Å²) in [5.74, 6) is 1.50.